The van der Waals surface area contributed by atoms with Gasteiger partial charge in [-0.25, -0.2) is 4.72 Å². The number of nitrogens with two attached hydrogens (primary N) is 1. The highest BCUT2D eigenvalue weighted by atomic mass is 32.2. The van der Waals surface area contributed by atoms with Crippen LogP contribution in [0.3, 0.4) is 0 Å². The van der Waals surface area contributed by atoms with Gasteiger partial charge in [0.25, 0.3) is 0 Å². The van der Waals surface area contributed by atoms with Crippen LogP contribution in [0.5, 0.6) is 0 Å². The second-order valence-corrected chi connectivity index (χ2v) is 5.49. The summed E-state index contributed by atoms with van der Waals surface area (Å²) in [5.74, 6) is 0. The second kappa shape index (κ2) is 6.28. The topological polar surface area (TPSA) is 78.2 Å². The van der Waals surface area contributed by atoms with E-state index in [1.165, 1.54) is 0 Å². The van der Waals surface area contributed by atoms with Crippen molar-refractivity contribution in [1.82, 2.24) is 4.72 Å². The molecular formula is C15H17N2O2S-. The fourth-order valence-corrected chi connectivity index (χ4v) is 2.52. The Kier molecular flexibility index (Phi) is 4.67. The maximum absolute atomic E-state index is 10.7. The molecule has 0 spiro atoms. The lowest BCUT2D eigenvalue weighted by atomic mass is 9.94. The third-order valence-electron chi connectivity index (χ3n) is 3.13. The Labute approximate surface area is 121 Å². The van der Waals surface area contributed by atoms with Gasteiger partial charge in [0.2, 0.25) is 0 Å². The molecule has 1 aromatic carbocycles. The van der Waals surface area contributed by atoms with Gasteiger partial charge in [-0.1, -0.05) is 48.6 Å². The minimum absolute atomic E-state index is 0.423. The van der Waals surface area contributed by atoms with Gasteiger partial charge in [-0.05, 0) is 29.7 Å². The summed E-state index contributed by atoms with van der Waals surface area (Å²) < 4.78 is 23.7. The molecule has 20 heavy (non-hydrogen) atoms. The largest absolute Gasteiger partial charge is 0.760 e. The molecule has 5 heteroatoms. The SMILES string of the molecule is CC(=Cc1ccccc1)C1=CCC(N)(NS(=O)[O-])C=C1. The molecule has 3 N–H and O–H groups in total. The molecule has 1 aliphatic carbocycles. The van der Waals surface area contributed by atoms with Crippen LogP contribution in [-0.4, -0.2) is 14.4 Å². The monoisotopic (exact) mass is 289 g/mol. The molecule has 1 aliphatic rings. The third-order valence-corrected chi connectivity index (χ3v) is 3.68. The van der Waals surface area contributed by atoms with Crippen LogP contribution < -0.4 is 10.5 Å². The Morgan fingerprint density at radius 2 is 2.15 bits per heavy atom. The average Bonchev–Trinajstić information content (AvgIpc) is 2.39. The highest BCUT2D eigenvalue weighted by Gasteiger charge is 2.23. The lowest BCUT2D eigenvalue weighted by Gasteiger charge is -2.30. The summed E-state index contributed by atoms with van der Waals surface area (Å²) in [7, 11) is 0. The summed E-state index contributed by atoms with van der Waals surface area (Å²) in [6.45, 7) is 2.02. The standard InChI is InChI=1S/C15H18N2O2S/c1-12(11-13-5-3-2-4-6-13)14-7-9-15(16,10-8-14)17-20(18)19/h2-9,11,17H,10,16H2,1H3,(H,18,19)/p-1. The molecule has 0 aliphatic heterocycles. The average molecular weight is 289 g/mol. The van der Waals surface area contributed by atoms with Gasteiger partial charge in [0.1, 0.15) is 0 Å². The van der Waals surface area contributed by atoms with Crippen molar-refractivity contribution in [3.63, 3.8) is 0 Å². The molecule has 0 heterocycles. The first-order valence-electron chi connectivity index (χ1n) is 6.28. The predicted molar refractivity (Wildman–Crippen MR) is 80.9 cm³/mol. The quantitative estimate of drug-likeness (QED) is 0.657. The first-order chi connectivity index (χ1) is 9.48. The fraction of sp³-hybridized carbons (Fsp3) is 0.200. The van der Waals surface area contributed by atoms with Gasteiger partial charge < -0.3 is 10.3 Å². The van der Waals surface area contributed by atoms with E-state index < -0.39 is 16.9 Å². The van der Waals surface area contributed by atoms with E-state index in [0.29, 0.717) is 6.42 Å². The second-order valence-electron chi connectivity index (χ2n) is 4.81. The summed E-state index contributed by atoms with van der Waals surface area (Å²) in [6.07, 6.45) is 7.97. The molecule has 0 bridgehead atoms. The summed E-state index contributed by atoms with van der Waals surface area (Å²) >= 11 is -2.38. The molecule has 0 saturated heterocycles. The van der Waals surface area contributed by atoms with Crippen molar-refractivity contribution >= 4 is 17.3 Å². The molecule has 4 nitrogen and oxygen atoms in total. The van der Waals surface area contributed by atoms with Gasteiger partial charge >= 0.3 is 0 Å². The highest BCUT2D eigenvalue weighted by Crippen LogP contribution is 2.23. The number of rotatable bonds is 4. The zero-order valence-electron chi connectivity index (χ0n) is 11.2. The Bertz CT molecular complexity index is 593. The number of allylic oxidation sites excluding steroid dienone is 3. The third kappa shape index (κ3) is 3.98. The normalized spacial score (nSPS) is 24.4. The van der Waals surface area contributed by atoms with Gasteiger partial charge in [-0.15, -0.1) is 0 Å². The Morgan fingerprint density at radius 1 is 1.45 bits per heavy atom. The van der Waals surface area contributed by atoms with Crippen LogP contribution in [0.2, 0.25) is 0 Å². The Morgan fingerprint density at radius 3 is 2.70 bits per heavy atom. The van der Waals surface area contributed by atoms with Crippen molar-refractivity contribution in [2.75, 3.05) is 0 Å². The number of hydrogen-bond acceptors (Lipinski definition) is 3. The molecule has 0 fully saturated rings. The molecule has 1 aromatic rings. The summed E-state index contributed by atoms with van der Waals surface area (Å²) in [5.41, 5.74) is 8.18. The van der Waals surface area contributed by atoms with Gasteiger partial charge in [-0.3, -0.25) is 4.21 Å². The highest BCUT2D eigenvalue weighted by molar-refractivity contribution is 7.77. The smallest absolute Gasteiger partial charge is 0.0994 e. The maximum atomic E-state index is 10.7. The van der Waals surface area contributed by atoms with Crippen LogP contribution in [-0.2, 0) is 11.3 Å². The fourth-order valence-electron chi connectivity index (χ4n) is 2.06. The molecule has 0 saturated carbocycles. The van der Waals surface area contributed by atoms with E-state index in [1.54, 1.807) is 6.08 Å². The molecule has 2 rings (SSSR count). The lowest BCUT2D eigenvalue weighted by molar-refractivity contribution is 0.455. The van der Waals surface area contributed by atoms with Crippen LogP contribution >= 0.6 is 0 Å². The number of nitrogens with one attached hydrogen (secondary N) is 1. The zero-order chi connectivity index (χ0) is 14.6. The van der Waals surface area contributed by atoms with Gasteiger partial charge in [0.15, 0.2) is 0 Å². The van der Waals surface area contributed by atoms with E-state index in [2.05, 4.69) is 10.8 Å². The molecular weight excluding hydrogens is 272 g/mol. The minimum atomic E-state index is -2.38. The van der Waals surface area contributed by atoms with E-state index in [0.717, 1.165) is 16.7 Å². The summed E-state index contributed by atoms with van der Waals surface area (Å²) in [6, 6.07) is 10.0. The number of benzene rings is 1. The maximum Gasteiger partial charge on any atom is 0.0994 e. The Hall–Kier alpha value is -1.53. The van der Waals surface area contributed by atoms with Crippen LogP contribution in [0.1, 0.15) is 18.9 Å². The van der Waals surface area contributed by atoms with Gasteiger partial charge in [0.05, 0.1) is 5.66 Å². The van der Waals surface area contributed by atoms with Gasteiger partial charge in [-0.2, -0.15) is 0 Å². The van der Waals surface area contributed by atoms with Crippen molar-refractivity contribution in [3.8, 4) is 0 Å². The van der Waals surface area contributed by atoms with Crippen LogP contribution in [0, 0.1) is 0 Å². The van der Waals surface area contributed by atoms with Crippen LogP contribution in [0.25, 0.3) is 6.08 Å². The van der Waals surface area contributed by atoms with Gasteiger partial charge in [0, 0.05) is 17.7 Å². The van der Waals surface area contributed by atoms with Crippen molar-refractivity contribution < 1.29 is 8.76 Å². The molecule has 0 aromatic heterocycles. The van der Waals surface area contributed by atoms with E-state index in [-0.39, 0.29) is 0 Å². The first kappa shape index (κ1) is 14.9. The van der Waals surface area contributed by atoms with Crippen molar-refractivity contribution in [1.29, 1.82) is 0 Å². The van der Waals surface area contributed by atoms with E-state index in [4.69, 9.17) is 5.73 Å². The first-order valence-corrected chi connectivity index (χ1v) is 7.35. The number of hydrogen-bond donors (Lipinski definition) is 2. The predicted octanol–water partition coefficient (Wildman–Crippen LogP) is 2.01. The zero-order valence-corrected chi connectivity index (χ0v) is 12.0. The summed E-state index contributed by atoms with van der Waals surface area (Å²) in [5, 5.41) is 0. The van der Waals surface area contributed by atoms with Crippen molar-refractivity contribution in [2.45, 2.75) is 19.0 Å². The molecule has 2 atom stereocenters. The van der Waals surface area contributed by atoms with Crippen molar-refractivity contribution in [2.24, 2.45) is 5.73 Å². The van der Waals surface area contributed by atoms with E-state index in [1.807, 2.05) is 49.4 Å². The molecule has 0 amide bonds. The summed E-state index contributed by atoms with van der Waals surface area (Å²) in [4.78, 5) is 0. The molecule has 106 valence electrons. The minimum Gasteiger partial charge on any atom is -0.760 e. The van der Waals surface area contributed by atoms with Crippen LogP contribution in [0.15, 0.2) is 59.7 Å². The van der Waals surface area contributed by atoms with E-state index in [9.17, 15) is 8.76 Å². The molecule has 2 unspecified atom stereocenters. The van der Waals surface area contributed by atoms with Crippen LogP contribution in [0.4, 0.5) is 0 Å². The Balaban J connectivity index is 2.11. The van der Waals surface area contributed by atoms with E-state index >= 15 is 0 Å². The lowest BCUT2D eigenvalue weighted by Crippen LogP contribution is -2.52. The molecule has 0 radical (unpaired) electrons. The van der Waals surface area contributed by atoms with Crippen molar-refractivity contribution in [3.05, 3.63) is 65.3 Å².